The van der Waals surface area contributed by atoms with Gasteiger partial charge in [0.25, 0.3) is 0 Å². The van der Waals surface area contributed by atoms with Crippen LogP contribution in [0.3, 0.4) is 0 Å². The Bertz CT molecular complexity index is 886. The van der Waals surface area contributed by atoms with Crippen LogP contribution in [-0.2, 0) is 24.1 Å². The summed E-state index contributed by atoms with van der Waals surface area (Å²) in [5, 5.41) is 4.40. The fourth-order valence-electron chi connectivity index (χ4n) is 3.66. The van der Waals surface area contributed by atoms with Crippen molar-refractivity contribution in [1.82, 2.24) is 19.6 Å². The van der Waals surface area contributed by atoms with Crippen LogP contribution in [0.4, 0.5) is 13.2 Å². The highest BCUT2D eigenvalue weighted by molar-refractivity contribution is 6.31. The van der Waals surface area contributed by atoms with Gasteiger partial charge in [0, 0.05) is 49.4 Å². The molecule has 9 heteroatoms. The third-order valence-corrected chi connectivity index (χ3v) is 5.83. The number of alkyl halides is 3. The van der Waals surface area contributed by atoms with Crippen LogP contribution in [0.5, 0.6) is 0 Å². The van der Waals surface area contributed by atoms with Gasteiger partial charge in [0.05, 0.1) is 0 Å². The van der Waals surface area contributed by atoms with Gasteiger partial charge < -0.3 is 4.90 Å². The van der Waals surface area contributed by atoms with E-state index in [4.69, 9.17) is 11.6 Å². The average molecular weight is 427 g/mol. The molecular formula is C20H22ClF3N4O. The summed E-state index contributed by atoms with van der Waals surface area (Å²) in [5.41, 5.74) is 0.638. The lowest BCUT2D eigenvalue weighted by atomic mass is 10.2. The topological polar surface area (TPSA) is 41.4 Å². The zero-order valence-corrected chi connectivity index (χ0v) is 16.6. The summed E-state index contributed by atoms with van der Waals surface area (Å²) in [7, 11) is 0. The highest BCUT2D eigenvalue weighted by atomic mass is 35.5. The molecule has 1 aromatic heterocycles. The smallest absolute Gasteiger partial charge is 0.339 e. The summed E-state index contributed by atoms with van der Waals surface area (Å²) in [6.07, 6.45) is -2.81. The summed E-state index contributed by atoms with van der Waals surface area (Å²) >= 11 is 6.21. The van der Waals surface area contributed by atoms with Crippen molar-refractivity contribution in [1.29, 1.82) is 0 Å². The number of hydrogen-bond donors (Lipinski definition) is 0. The van der Waals surface area contributed by atoms with E-state index in [2.05, 4.69) is 10.00 Å². The highest BCUT2D eigenvalue weighted by Crippen LogP contribution is 2.42. The molecule has 29 heavy (non-hydrogen) atoms. The summed E-state index contributed by atoms with van der Waals surface area (Å²) < 4.78 is 40.3. The molecule has 1 saturated carbocycles. The van der Waals surface area contributed by atoms with E-state index in [0.717, 1.165) is 29.5 Å². The minimum absolute atomic E-state index is 0.0823. The quantitative estimate of drug-likeness (QED) is 0.730. The summed E-state index contributed by atoms with van der Waals surface area (Å²) in [6, 6.07) is 8.75. The molecule has 1 saturated heterocycles. The van der Waals surface area contributed by atoms with Gasteiger partial charge in [-0.3, -0.25) is 14.4 Å². The predicted octanol–water partition coefficient (Wildman–Crippen LogP) is 3.78. The van der Waals surface area contributed by atoms with Gasteiger partial charge in [-0.15, -0.1) is 0 Å². The molecule has 0 bridgehead atoms. The van der Waals surface area contributed by atoms with Crippen molar-refractivity contribution in [2.75, 3.05) is 26.2 Å². The Labute approximate surface area is 172 Å². The Morgan fingerprint density at radius 3 is 2.45 bits per heavy atom. The number of rotatable bonds is 5. The number of hydrogen-bond acceptors (Lipinski definition) is 3. The van der Waals surface area contributed by atoms with Gasteiger partial charge in [0.15, 0.2) is 5.69 Å². The molecule has 0 radical (unpaired) electrons. The number of carbonyl (C=O) groups excluding carboxylic acids is 1. The van der Waals surface area contributed by atoms with Gasteiger partial charge in [-0.05, 0) is 30.5 Å². The average Bonchev–Trinajstić information content (AvgIpc) is 3.43. The highest BCUT2D eigenvalue weighted by Gasteiger charge is 2.38. The summed E-state index contributed by atoms with van der Waals surface area (Å²) in [4.78, 5) is 16.6. The van der Waals surface area contributed by atoms with Crippen LogP contribution < -0.4 is 0 Å². The van der Waals surface area contributed by atoms with Crippen LogP contribution in [0.2, 0.25) is 5.02 Å². The molecule has 2 aliphatic rings. The van der Waals surface area contributed by atoms with Gasteiger partial charge >= 0.3 is 6.18 Å². The molecule has 156 valence electrons. The van der Waals surface area contributed by atoms with Gasteiger partial charge in [0.2, 0.25) is 5.91 Å². The van der Waals surface area contributed by atoms with Crippen molar-refractivity contribution in [3.63, 3.8) is 0 Å². The van der Waals surface area contributed by atoms with Crippen molar-refractivity contribution in [2.24, 2.45) is 0 Å². The van der Waals surface area contributed by atoms with Crippen LogP contribution in [0.15, 0.2) is 30.3 Å². The maximum absolute atomic E-state index is 13.0. The molecule has 2 fully saturated rings. The summed E-state index contributed by atoms with van der Waals surface area (Å²) in [5.74, 6) is -0.111. The minimum atomic E-state index is -4.50. The van der Waals surface area contributed by atoms with Gasteiger partial charge in [-0.2, -0.15) is 18.3 Å². The standard InChI is InChI=1S/C20H22ClF3N4O/c21-16-4-2-1-3-15(16)12-26-7-9-27(10-8-26)19(29)13-28-17(14-5-6-14)11-18(25-28)20(22,23)24/h1-4,11,14H,5-10,12-13H2. The van der Waals surface area contributed by atoms with Crippen molar-refractivity contribution in [3.8, 4) is 0 Å². The Balaban J connectivity index is 1.36. The Morgan fingerprint density at radius 2 is 1.83 bits per heavy atom. The first kappa shape index (κ1) is 20.2. The molecule has 2 heterocycles. The third-order valence-electron chi connectivity index (χ3n) is 5.46. The van der Waals surface area contributed by atoms with Crippen molar-refractivity contribution in [3.05, 3.63) is 52.3 Å². The predicted molar refractivity (Wildman–Crippen MR) is 103 cm³/mol. The number of carbonyl (C=O) groups is 1. The molecule has 0 atom stereocenters. The van der Waals surface area contributed by atoms with Crippen LogP contribution in [0.1, 0.15) is 35.7 Å². The monoisotopic (exact) mass is 426 g/mol. The fraction of sp³-hybridized carbons (Fsp3) is 0.500. The van der Waals surface area contributed by atoms with Crippen LogP contribution in [0, 0.1) is 0 Å². The maximum atomic E-state index is 13.0. The van der Waals surface area contributed by atoms with Crippen molar-refractivity contribution in [2.45, 2.75) is 38.0 Å². The zero-order valence-electron chi connectivity index (χ0n) is 15.8. The Hall–Kier alpha value is -2.06. The second kappa shape index (κ2) is 7.99. The van der Waals surface area contributed by atoms with Crippen LogP contribution in [0.25, 0.3) is 0 Å². The number of nitrogens with zero attached hydrogens (tertiary/aromatic N) is 4. The lowest BCUT2D eigenvalue weighted by molar-refractivity contribution is -0.142. The summed E-state index contributed by atoms with van der Waals surface area (Å²) in [6.45, 7) is 3.03. The number of amides is 1. The molecule has 1 aliphatic heterocycles. The lowest BCUT2D eigenvalue weighted by Gasteiger charge is -2.35. The Kier molecular flexibility index (Phi) is 5.57. The largest absolute Gasteiger partial charge is 0.435 e. The zero-order chi connectivity index (χ0) is 20.6. The van der Waals surface area contributed by atoms with E-state index >= 15 is 0 Å². The number of piperazine rings is 1. The number of halogens is 4. The first-order valence-electron chi connectivity index (χ1n) is 9.70. The van der Waals surface area contributed by atoms with Gasteiger partial charge in [-0.1, -0.05) is 29.8 Å². The van der Waals surface area contributed by atoms with E-state index < -0.39 is 11.9 Å². The van der Waals surface area contributed by atoms with Crippen molar-refractivity contribution < 1.29 is 18.0 Å². The second-order valence-electron chi connectivity index (χ2n) is 7.63. The van der Waals surface area contributed by atoms with Crippen molar-refractivity contribution >= 4 is 17.5 Å². The van der Waals surface area contributed by atoms with E-state index in [1.807, 2.05) is 24.3 Å². The normalized spacial score (nSPS) is 18.3. The molecule has 1 amide bonds. The van der Waals surface area contributed by atoms with E-state index in [-0.39, 0.29) is 18.4 Å². The number of aromatic nitrogens is 2. The maximum Gasteiger partial charge on any atom is 0.435 e. The molecular weight excluding hydrogens is 405 g/mol. The molecule has 0 N–H and O–H groups in total. The fourth-order valence-corrected chi connectivity index (χ4v) is 3.85. The Morgan fingerprint density at radius 1 is 1.14 bits per heavy atom. The molecule has 4 rings (SSSR count). The molecule has 1 aromatic carbocycles. The third kappa shape index (κ3) is 4.75. The molecule has 0 spiro atoms. The van der Waals surface area contributed by atoms with E-state index in [1.54, 1.807) is 4.90 Å². The SMILES string of the molecule is O=C(Cn1nc(C(F)(F)F)cc1C1CC1)N1CCN(Cc2ccccc2Cl)CC1. The molecule has 2 aromatic rings. The minimum Gasteiger partial charge on any atom is -0.339 e. The first-order valence-corrected chi connectivity index (χ1v) is 10.1. The first-order chi connectivity index (χ1) is 13.8. The van der Waals surface area contributed by atoms with E-state index in [0.29, 0.717) is 38.4 Å². The lowest BCUT2D eigenvalue weighted by Crippen LogP contribution is -2.49. The number of benzene rings is 1. The van der Waals surface area contributed by atoms with Crippen LogP contribution >= 0.6 is 11.6 Å². The molecule has 0 unspecified atom stereocenters. The van der Waals surface area contributed by atoms with E-state index in [1.165, 1.54) is 4.68 Å². The van der Waals surface area contributed by atoms with E-state index in [9.17, 15) is 18.0 Å². The second-order valence-corrected chi connectivity index (χ2v) is 8.04. The van der Waals surface area contributed by atoms with Gasteiger partial charge in [-0.25, -0.2) is 0 Å². The van der Waals surface area contributed by atoms with Crippen LogP contribution in [-0.4, -0.2) is 51.7 Å². The molecule has 5 nitrogen and oxygen atoms in total. The van der Waals surface area contributed by atoms with Gasteiger partial charge in [0.1, 0.15) is 6.54 Å². The molecule has 1 aliphatic carbocycles.